The fourth-order valence-electron chi connectivity index (χ4n) is 4.34. The lowest BCUT2D eigenvalue weighted by atomic mass is 10.0. The topological polar surface area (TPSA) is 45.5 Å². The Balaban J connectivity index is 1.71. The highest BCUT2D eigenvalue weighted by Gasteiger charge is 2.32. The number of hydrogen-bond acceptors (Lipinski definition) is 2. The molecule has 1 fully saturated rings. The molecule has 4 nitrogen and oxygen atoms in total. The Bertz CT molecular complexity index is 1230. The minimum atomic E-state index is -4.44. The molecule has 4 rings (SSSR count). The maximum Gasteiger partial charge on any atom is 0.416 e. The normalized spacial score (nSPS) is 15.5. The van der Waals surface area contributed by atoms with Crippen molar-refractivity contribution >= 4 is 40.0 Å². The van der Waals surface area contributed by atoms with Gasteiger partial charge in [0, 0.05) is 48.2 Å². The predicted molar refractivity (Wildman–Crippen MR) is 123 cm³/mol. The summed E-state index contributed by atoms with van der Waals surface area (Å²) >= 11 is 13.1. The third-order valence-corrected chi connectivity index (χ3v) is 7.11. The number of rotatable bonds is 3. The van der Waals surface area contributed by atoms with Crippen molar-refractivity contribution in [1.82, 2.24) is 9.47 Å². The number of likely N-dealkylation sites (tertiary alicyclic amines) is 1. The molecule has 0 aliphatic carbocycles. The van der Waals surface area contributed by atoms with E-state index < -0.39 is 17.8 Å². The van der Waals surface area contributed by atoms with Gasteiger partial charge in [0.1, 0.15) is 0 Å². The molecule has 1 aliphatic rings. The van der Waals surface area contributed by atoms with E-state index in [1.807, 2.05) is 6.07 Å². The second-order valence-electron chi connectivity index (χ2n) is 8.51. The van der Waals surface area contributed by atoms with Crippen LogP contribution < -0.4 is 0 Å². The third kappa shape index (κ3) is 4.59. The lowest BCUT2D eigenvalue weighted by molar-refractivity contribution is -0.137. The third-order valence-electron chi connectivity index (χ3n) is 6.32. The van der Waals surface area contributed by atoms with E-state index in [1.54, 1.807) is 35.6 Å². The summed E-state index contributed by atoms with van der Waals surface area (Å²) in [6.07, 6.45) is -3.56. The molecule has 1 amide bonds. The summed E-state index contributed by atoms with van der Waals surface area (Å²) in [6.45, 7) is 2.53. The zero-order valence-corrected chi connectivity index (χ0v) is 19.7. The quantitative estimate of drug-likeness (QED) is 0.481. The smallest absolute Gasteiger partial charge is 0.393 e. The number of piperidine rings is 1. The van der Waals surface area contributed by atoms with Gasteiger partial charge in [-0.2, -0.15) is 13.2 Å². The minimum Gasteiger partial charge on any atom is -0.393 e. The van der Waals surface area contributed by atoms with Crippen molar-refractivity contribution in [3.8, 4) is 0 Å². The first-order chi connectivity index (χ1) is 15.5. The largest absolute Gasteiger partial charge is 0.416 e. The predicted octanol–water partition coefficient (Wildman–Crippen LogP) is 6.00. The molecule has 1 saturated heterocycles. The summed E-state index contributed by atoms with van der Waals surface area (Å²) in [5.41, 5.74) is 1.87. The van der Waals surface area contributed by atoms with Crippen molar-refractivity contribution in [3.05, 3.63) is 68.3 Å². The zero-order chi connectivity index (χ0) is 24.1. The Morgan fingerprint density at radius 3 is 2.45 bits per heavy atom. The summed E-state index contributed by atoms with van der Waals surface area (Å²) in [4.78, 5) is 14.7. The second-order valence-corrected chi connectivity index (χ2v) is 9.29. The molecule has 33 heavy (non-hydrogen) atoms. The first kappa shape index (κ1) is 23.9. The van der Waals surface area contributed by atoms with E-state index >= 15 is 0 Å². The monoisotopic (exact) mass is 498 g/mol. The van der Waals surface area contributed by atoms with Crippen LogP contribution in [0.3, 0.4) is 0 Å². The molecule has 1 N–H and O–H groups in total. The van der Waals surface area contributed by atoms with Crippen LogP contribution >= 0.6 is 23.2 Å². The van der Waals surface area contributed by atoms with Crippen LogP contribution in [0.15, 0.2) is 30.3 Å². The van der Waals surface area contributed by atoms with Gasteiger partial charge >= 0.3 is 6.18 Å². The van der Waals surface area contributed by atoms with Crippen molar-refractivity contribution < 1.29 is 23.1 Å². The lowest BCUT2D eigenvalue weighted by Crippen LogP contribution is -2.40. The van der Waals surface area contributed by atoms with Crippen LogP contribution in [0, 0.1) is 6.92 Å². The molecule has 2 heterocycles. The number of hydrogen-bond donors (Lipinski definition) is 1. The molecule has 9 heteroatoms. The SMILES string of the molecule is Cc1cc(C(F)(F)F)cc2c1cc(Cc1c(Cl)ccc(C(=O)N3CCC(O)CC3)c1Cl)n2C. The van der Waals surface area contributed by atoms with Gasteiger partial charge in [0.05, 0.1) is 22.3 Å². The first-order valence-electron chi connectivity index (χ1n) is 10.6. The van der Waals surface area contributed by atoms with Crippen LogP contribution in [0.5, 0.6) is 0 Å². The van der Waals surface area contributed by atoms with E-state index in [1.165, 1.54) is 0 Å². The number of alkyl halides is 3. The summed E-state index contributed by atoms with van der Waals surface area (Å²) in [7, 11) is 1.70. The number of benzene rings is 2. The summed E-state index contributed by atoms with van der Waals surface area (Å²) in [5.74, 6) is -0.229. The number of nitrogens with zero attached hydrogens (tertiary/aromatic N) is 2. The molecule has 0 atom stereocenters. The van der Waals surface area contributed by atoms with Crippen molar-refractivity contribution in [1.29, 1.82) is 0 Å². The number of amides is 1. The molecule has 1 aromatic heterocycles. The number of halogens is 5. The Morgan fingerprint density at radius 2 is 1.82 bits per heavy atom. The van der Waals surface area contributed by atoms with Gasteiger partial charge in [-0.15, -0.1) is 0 Å². The number of fused-ring (bicyclic) bond motifs is 1. The average Bonchev–Trinajstić information content (AvgIpc) is 3.07. The van der Waals surface area contributed by atoms with Crippen LogP contribution in [0.25, 0.3) is 10.9 Å². The molecule has 0 unspecified atom stereocenters. The van der Waals surface area contributed by atoms with E-state index in [4.69, 9.17) is 23.2 Å². The van der Waals surface area contributed by atoms with Crippen molar-refractivity contribution in [2.45, 2.75) is 38.5 Å². The van der Waals surface area contributed by atoms with Gasteiger partial charge in [0.25, 0.3) is 5.91 Å². The second kappa shape index (κ2) is 8.85. The highest BCUT2D eigenvalue weighted by atomic mass is 35.5. The summed E-state index contributed by atoms with van der Waals surface area (Å²) < 4.78 is 41.6. The molecule has 2 aromatic carbocycles. The molecule has 0 saturated carbocycles. The van der Waals surface area contributed by atoms with Gasteiger partial charge < -0.3 is 14.6 Å². The summed E-state index contributed by atoms with van der Waals surface area (Å²) in [6, 6.07) is 7.31. The zero-order valence-electron chi connectivity index (χ0n) is 18.1. The highest BCUT2D eigenvalue weighted by Crippen LogP contribution is 2.36. The Hall–Kier alpha value is -2.22. The standard InChI is InChI=1S/C24H23Cl2F3N2O2/c1-13-9-14(24(27,28)29)10-21-18(13)11-15(30(21)2)12-19-20(25)4-3-17(22(19)26)23(33)31-7-5-16(32)6-8-31/h3-4,9-11,16,32H,5-8,12H2,1-2H3. The number of aromatic nitrogens is 1. The van der Waals surface area contributed by atoms with Crippen LogP contribution in [0.1, 0.15) is 45.6 Å². The van der Waals surface area contributed by atoms with E-state index in [9.17, 15) is 23.1 Å². The summed E-state index contributed by atoms with van der Waals surface area (Å²) in [5, 5.41) is 11.0. The number of aliphatic hydroxyl groups excluding tert-OH is 1. The van der Waals surface area contributed by atoms with Crippen molar-refractivity contribution in [2.24, 2.45) is 7.05 Å². The van der Waals surface area contributed by atoms with E-state index in [0.717, 1.165) is 17.8 Å². The maximum absolute atomic E-state index is 13.3. The van der Waals surface area contributed by atoms with Gasteiger partial charge in [-0.05, 0) is 61.2 Å². The van der Waals surface area contributed by atoms with Gasteiger partial charge in [-0.3, -0.25) is 4.79 Å². The minimum absolute atomic E-state index is 0.229. The Morgan fingerprint density at radius 1 is 1.15 bits per heavy atom. The van der Waals surface area contributed by atoms with Gasteiger partial charge in [-0.1, -0.05) is 23.2 Å². The first-order valence-corrected chi connectivity index (χ1v) is 11.3. The maximum atomic E-state index is 13.3. The van der Waals surface area contributed by atoms with Gasteiger partial charge in [0.15, 0.2) is 0 Å². The number of carbonyl (C=O) groups is 1. The molecular weight excluding hydrogens is 476 g/mol. The molecule has 0 spiro atoms. The molecule has 1 aliphatic heterocycles. The van der Waals surface area contributed by atoms with Crippen LogP contribution in [0.2, 0.25) is 10.0 Å². The van der Waals surface area contributed by atoms with E-state index in [2.05, 4.69) is 0 Å². The fourth-order valence-corrected chi connectivity index (χ4v) is 4.93. The molecule has 0 bridgehead atoms. The van der Waals surface area contributed by atoms with Gasteiger partial charge in [-0.25, -0.2) is 0 Å². The number of carbonyl (C=O) groups excluding carboxylic acids is 1. The molecule has 3 aromatic rings. The lowest BCUT2D eigenvalue weighted by Gasteiger charge is -2.30. The van der Waals surface area contributed by atoms with Crippen LogP contribution in [-0.4, -0.2) is 39.7 Å². The Kier molecular flexibility index (Phi) is 6.42. The fraction of sp³-hybridized carbons (Fsp3) is 0.375. The number of aliphatic hydroxyl groups is 1. The van der Waals surface area contributed by atoms with Crippen molar-refractivity contribution in [2.75, 3.05) is 13.1 Å². The molecular formula is C24H23Cl2F3N2O2. The number of aryl methyl sites for hydroxylation is 2. The van der Waals surface area contributed by atoms with Crippen molar-refractivity contribution in [3.63, 3.8) is 0 Å². The van der Waals surface area contributed by atoms with Crippen LogP contribution in [-0.2, 0) is 19.6 Å². The average molecular weight is 499 g/mol. The molecule has 0 radical (unpaired) electrons. The van der Waals surface area contributed by atoms with E-state index in [-0.39, 0.29) is 17.4 Å². The Labute approximate surface area is 199 Å². The highest BCUT2D eigenvalue weighted by molar-refractivity contribution is 6.38. The van der Waals surface area contributed by atoms with E-state index in [0.29, 0.717) is 58.5 Å². The van der Waals surface area contributed by atoms with Crippen LogP contribution in [0.4, 0.5) is 13.2 Å². The van der Waals surface area contributed by atoms with Gasteiger partial charge in [0.2, 0.25) is 0 Å². The molecule has 176 valence electrons.